The Morgan fingerprint density at radius 2 is 2.04 bits per heavy atom. The Hall–Kier alpha value is -2.38. The lowest BCUT2D eigenvalue weighted by atomic mass is 9.87. The van der Waals surface area contributed by atoms with Gasteiger partial charge in [-0.25, -0.2) is 9.78 Å². The minimum absolute atomic E-state index is 0.106. The summed E-state index contributed by atoms with van der Waals surface area (Å²) in [6.45, 7) is 1.13. The van der Waals surface area contributed by atoms with Crippen LogP contribution in [0.2, 0.25) is 5.02 Å². The normalized spacial score (nSPS) is 16.2. The van der Waals surface area contributed by atoms with E-state index in [1.54, 1.807) is 17.0 Å². The molecule has 26 heavy (non-hydrogen) atoms. The predicted octanol–water partition coefficient (Wildman–Crippen LogP) is 3.12. The van der Waals surface area contributed by atoms with Gasteiger partial charge in [0, 0.05) is 18.1 Å². The lowest BCUT2D eigenvalue weighted by Crippen LogP contribution is -2.42. The highest BCUT2D eigenvalue weighted by atomic mass is 35.5. The first-order chi connectivity index (χ1) is 12.6. The van der Waals surface area contributed by atoms with Gasteiger partial charge in [0.25, 0.3) is 0 Å². The molecule has 8 heteroatoms. The van der Waals surface area contributed by atoms with Gasteiger partial charge in [0.05, 0.1) is 19.4 Å². The summed E-state index contributed by atoms with van der Waals surface area (Å²) < 4.78 is 5.11. The zero-order valence-electron chi connectivity index (χ0n) is 14.4. The molecule has 0 spiro atoms. The summed E-state index contributed by atoms with van der Waals surface area (Å²) in [5.74, 6) is 0.427. The second-order valence-electron chi connectivity index (χ2n) is 6.20. The van der Waals surface area contributed by atoms with Crippen molar-refractivity contribution >= 4 is 23.3 Å². The van der Waals surface area contributed by atoms with Gasteiger partial charge in [0.2, 0.25) is 5.88 Å². The monoisotopic (exact) mass is 376 g/mol. The molecule has 0 unspecified atom stereocenters. The smallest absolute Gasteiger partial charge is 0.322 e. The Kier molecular flexibility index (Phi) is 5.90. The van der Waals surface area contributed by atoms with Crippen LogP contribution < -0.4 is 10.1 Å². The molecule has 1 saturated heterocycles. The van der Waals surface area contributed by atoms with Crippen molar-refractivity contribution in [3.05, 3.63) is 47.4 Å². The van der Waals surface area contributed by atoms with E-state index in [4.69, 9.17) is 16.3 Å². The van der Waals surface area contributed by atoms with Crippen molar-refractivity contribution in [3.8, 4) is 5.88 Å². The first-order valence-corrected chi connectivity index (χ1v) is 8.79. The number of carbonyl (C=O) groups excluding carboxylic acids is 1. The Morgan fingerprint density at radius 1 is 1.35 bits per heavy atom. The van der Waals surface area contributed by atoms with Gasteiger partial charge < -0.3 is 20.1 Å². The van der Waals surface area contributed by atoms with E-state index in [1.807, 2.05) is 12.1 Å². The van der Waals surface area contributed by atoms with E-state index in [9.17, 15) is 9.90 Å². The SMILES string of the molecule is COc1ncncc1NC(=O)N1CCC([C@@H](O)c2ccc(Cl)cc2)CC1. The van der Waals surface area contributed by atoms with Crippen LogP contribution in [0.15, 0.2) is 36.8 Å². The van der Waals surface area contributed by atoms with Crippen molar-refractivity contribution in [2.24, 2.45) is 5.92 Å². The number of methoxy groups -OCH3 is 1. The van der Waals surface area contributed by atoms with E-state index < -0.39 is 6.10 Å². The van der Waals surface area contributed by atoms with Crippen LogP contribution in [0.1, 0.15) is 24.5 Å². The highest BCUT2D eigenvalue weighted by Crippen LogP contribution is 2.31. The number of piperidine rings is 1. The van der Waals surface area contributed by atoms with Gasteiger partial charge in [-0.15, -0.1) is 0 Å². The van der Waals surface area contributed by atoms with Crippen molar-refractivity contribution in [2.75, 3.05) is 25.5 Å². The third kappa shape index (κ3) is 4.23. The standard InChI is InChI=1S/C18H21ClN4O3/c1-26-17-15(10-20-11-21-17)22-18(25)23-8-6-13(7-9-23)16(24)12-2-4-14(19)5-3-12/h2-5,10-11,13,16,24H,6-9H2,1H3,(H,22,25)/t16-/m0/s1. The minimum atomic E-state index is -0.555. The van der Waals surface area contributed by atoms with E-state index >= 15 is 0 Å². The second-order valence-corrected chi connectivity index (χ2v) is 6.63. The van der Waals surface area contributed by atoms with Gasteiger partial charge in [-0.2, -0.15) is 4.98 Å². The molecule has 1 aliphatic rings. The van der Waals surface area contributed by atoms with Crippen LogP contribution in [0.25, 0.3) is 0 Å². The summed E-state index contributed by atoms with van der Waals surface area (Å²) in [5.41, 5.74) is 1.28. The number of aliphatic hydroxyl groups is 1. The Balaban J connectivity index is 1.56. The van der Waals surface area contributed by atoms with Crippen molar-refractivity contribution in [1.82, 2.24) is 14.9 Å². The molecule has 1 aromatic carbocycles. The summed E-state index contributed by atoms with van der Waals surface area (Å²) in [7, 11) is 1.49. The van der Waals surface area contributed by atoms with E-state index in [0.29, 0.717) is 29.7 Å². The van der Waals surface area contributed by atoms with Crippen LogP contribution in [0.5, 0.6) is 5.88 Å². The molecule has 0 bridgehead atoms. The number of aliphatic hydroxyl groups excluding tert-OH is 1. The number of urea groups is 1. The molecule has 2 aromatic rings. The zero-order chi connectivity index (χ0) is 18.5. The largest absolute Gasteiger partial charge is 0.479 e. The molecule has 1 atom stereocenters. The van der Waals surface area contributed by atoms with Gasteiger partial charge in [0.1, 0.15) is 12.0 Å². The van der Waals surface area contributed by atoms with Crippen LogP contribution in [-0.4, -0.2) is 46.2 Å². The maximum Gasteiger partial charge on any atom is 0.322 e. The molecule has 2 N–H and O–H groups in total. The van der Waals surface area contributed by atoms with Crippen LogP contribution in [-0.2, 0) is 0 Å². The van der Waals surface area contributed by atoms with Crippen LogP contribution in [0.3, 0.4) is 0 Å². The number of aromatic nitrogens is 2. The van der Waals surface area contributed by atoms with Gasteiger partial charge in [-0.1, -0.05) is 23.7 Å². The lowest BCUT2D eigenvalue weighted by Gasteiger charge is -2.34. The first kappa shape index (κ1) is 18.4. The van der Waals surface area contributed by atoms with Crippen molar-refractivity contribution < 1.29 is 14.6 Å². The summed E-state index contributed by atoms with van der Waals surface area (Å²) >= 11 is 5.89. The van der Waals surface area contributed by atoms with Gasteiger partial charge in [-0.05, 0) is 36.5 Å². The molecule has 0 saturated carbocycles. The number of likely N-dealkylation sites (tertiary alicyclic amines) is 1. The molecule has 1 aliphatic heterocycles. The Morgan fingerprint density at radius 3 is 2.69 bits per heavy atom. The highest BCUT2D eigenvalue weighted by Gasteiger charge is 2.28. The maximum absolute atomic E-state index is 12.4. The third-order valence-electron chi connectivity index (χ3n) is 4.60. The molecule has 2 heterocycles. The summed E-state index contributed by atoms with van der Waals surface area (Å²) in [4.78, 5) is 22.0. The van der Waals surface area contributed by atoms with Crippen LogP contribution in [0, 0.1) is 5.92 Å². The van der Waals surface area contributed by atoms with Gasteiger partial charge in [-0.3, -0.25) is 0 Å². The number of hydrogen-bond donors (Lipinski definition) is 2. The molecule has 0 aliphatic carbocycles. The summed E-state index contributed by atoms with van der Waals surface area (Å²) in [5, 5.41) is 14.0. The van der Waals surface area contributed by atoms with E-state index in [0.717, 1.165) is 18.4 Å². The van der Waals surface area contributed by atoms with Gasteiger partial charge >= 0.3 is 6.03 Å². The van der Waals surface area contributed by atoms with E-state index in [2.05, 4.69) is 15.3 Å². The van der Waals surface area contributed by atoms with E-state index in [1.165, 1.54) is 19.6 Å². The van der Waals surface area contributed by atoms with Crippen molar-refractivity contribution in [3.63, 3.8) is 0 Å². The number of anilines is 1. The highest BCUT2D eigenvalue weighted by molar-refractivity contribution is 6.30. The molecule has 1 aromatic heterocycles. The quantitative estimate of drug-likeness (QED) is 0.856. The molecule has 0 radical (unpaired) electrons. The molecule has 1 fully saturated rings. The number of nitrogens with one attached hydrogen (secondary N) is 1. The number of hydrogen-bond acceptors (Lipinski definition) is 5. The number of halogens is 1. The maximum atomic E-state index is 12.4. The zero-order valence-corrected chi connectivity index (χ0v) is 15.2. The summed E-state index contributed by atoms with van der Waals surface area (Å²) in [6, 6.07) is 7.01. The second kappa shape index (κ2) is 8.33. The fraction of sp³-hybridized carbons (Fsp3) is 0.389. The molecule has 2 amide bonds. The van der Waals surface area contributed by atoms with Crippen LogP contribution in [0.4, 0.5) is 10.5 Å². The molecular weight excluding hydrogens is 356 g/mol. The number of benzene rings is 1. The number of amides is 2. The Bertz CT molecular complexity index is 748. The van der Waals surface area contributed by atoms with Gasteiger partial charge in [0.15, 0.2) is 0 Å². The predicted molar refractivity (Wildman–Crippen MR) is 98.3 cm³/mol. The van der Waals surface area contributed by atoms with Crippen molar-refractivity contribution in [2.45, 2.75) is 18.9 Å². The lowest BCUT2D eigenvalue weighted by molar-refractivity contribution is 0.0683. The number of nitrogens with zero attached hydrogens (tertiary/aromatic N) is 3. The van der Waals surface area contributed by atoms with Crippen LogP contribution >= 0.6 is 11.6 Å². The minimum Gasteiger partial charge on any atom is -0.479 e. The third-order valence-corrected chi connectivity index (χ3v) is 4.85. The summed E-state index contributed by atoms with van der Waals surface area (Å²) in [6.07, 6.45) is 3.75. The fourth-order valence-corrected chi connectivity index (χ4v) is 3.24. The topological polar surface area (TPSA) is 87.6 Å². The molecular formula is C18H21ClN4O3. The fourth-order valence-electron chi connectivity index (χ4n) is 3.11. The molecule has 3 rings (SSSR count). The average Bonchev–Trinajstić information content (AvgIpc) is 2.68. The van der Waals surface area contributed by atoms with E-state index in [-0.39, 0.29) is 11.9 Å². The Labute approximate surface area is 157 Å². The molecule has 138 valence electrons. The van der Waals surface area contributed by atoms with Crippen molar-refractivity contribution in [1.29, 1.82) is 0 Å². The number of rotatable bonds is 4. The molecule has 7 nitrogen and oxygen atoms in total. The number of carbonyl (C=O) groups is 1. The average molecular weight is 377 g/mol. The first-order valence-electron chi connectivity index (χ1n) is 8.42. The number of ether oxygens (including phenoxy) is 1.